The molecule has 7 heteroatoms. The standard InChI is InChI=1S/C22H23N3O3S/c1-4-23-22(27)25-21(26)14(2)29-20-13-18(15-8-6-5-7-9-15)17-11-10-16(28-3)12-19(17)24-20/h5-14H,4H2,1-3H3,(H2,23,25,26,27)/t14-/m1/s1. The molecule has 1 atom stereocenters. The highest BCUT2D eigenvalue weighted by molar-refractivity contribution is 8.00. The first-order valence-electron chi connectivity index (χ1n) is 9.31. The van der Waals surface area contributed by atoms with Gasteiger partial charge in [0, 0.05) is 18.0 Å². The van der Waals surface area contributed by atoms with E-state index in [1.807, 2.05) is 54.6 Å². The maximum Gasteiger partial charge on any atom is 0.321 e. The van der Waals surface area contributed by atoms with Crippen LogP contribution in [0.1, 0.15) is 13.8 Å². The minimum absolute atomic E-state index is 0.366. The fraction of sp³-hybridized carbons (Fsp3) is 0.227. The van der Waals surface area contributed by atoms with Gasteiger partial charge in [0.15, 0.2) is 0 Å². The highest BCUT2D eigenvalue weighted by Crippen LogP contribution is 2.34. The molecule has 6 nitrogen and oxygen atoms in total. The van der Waals surface area contributed by atoms with Crippen LogP contribution in [0.3, 0.4) is 0 Å². The van der Waals surface area contributed by atoms with E-state index >= 15 is 0 Å². The van der Waals surface area contributed by atoms with Gasteiger partial charge in [0.25, 0.3) is 0 Å². The van der Waals surface area contributed by atoms with Crippen LogP contribution in [0.2, 0.25) is 0 Å². The summed E-state index contributed by atoms with van der Waals surface area (Å²) in [5.74, 6) is 0.350. The van der Waals surface area contributed by atoms with Crippen LogP contribution in [-0.4, -0.2) is 35.8 Å². The molecule has 0 unspecified atom stereocenters. The van der Waals surface area contributed by atoms with Gasteiger partial charge in [-0.15, -0.1) is 0 Å². The molecule has 2 N–H and O–H groups in total. The lowest BCUT2D eigenvalue weighted by molar-refractivity contribution is -0.119. The molecule has 29 heavy (non-hydrogen) atoms. The van der Waals surface area contributed by atoms with E-state index in [2.05, 4.69) is 10.6 Å². The second-order valence-corrected chi connectivity index (χ2v) is 7.73. The molecular formula is C22H23N3O3S. The zero-order valence-corrected chi connectivity index (χ0v) is 17.4. The van der Waals surface area contributed by atoms with Crippen LogP contribution in [0.4, 0.5) is 4.79 Å². The van der Waals surface area contributed by atoms with E-state index in [0.717, 1.165) is 22.0 Å². The Hall–Kier alpha value is -3.06. The summed E-state index contributed by atoms with van der Waals surface area (Å²) in [6.45, 7) is 3.99. The van der Waals surface area contributed by atoms with Crippen molar-refractivity contribution in [3.05, 3.63) is 54.6 Å². The first-order chi connectivity index (χ1) is 14.0. The van der Waals surface area contributed by atoms with Crippen molar-refractivity contribution in [2.75, 3.05) is 13.7 Å². The van der Waals surface area contributed by atoms with Crippen LogP contribution in [0, 0.1) is 0 Å². The smallest absolute Gasteiger partial charge is 0.321 e. The third-order valence-electron chi connectivity index (χ3n) is 4.32. The summed E-state index contributed by atoms with van der Waals surface area (Å²) >= 11 is 1.30. The number of benzene rings is 2. The van der Waals surface area contributed by atoms with Crippen molar-refractivity contribution in [1.29, 1.82) is 0 Å². The summed E-state index contributed by atoms with van der Waals surface area (Å²) in [4.78, 5) is 28.6. The number of hydrogen-bond acceptors (Lipinski definition) is 5. The fourth-order valence-corrected chi connectivity index (χ4v) is 3.75. The van der Waals surface area contributed by atoms with Gasteiger partial charge >= 0.3 is 6.03 Å². The van der Waals surface area contributed by atoms with E-state index < -0.39 is 11.3 Å². The number of pyridine rings is 1. The number of hydrogen-bond donors (Lipinski definition) is 2. The number of aromatic nitrogens is 1. The highest BCUT2D eigenvalue weighted by Gasteiger charge is 2.19. The van der Waals surface area contributed by atoms with Gasteiger partial charge < -0.3 is 10.1 Å². The normalized spacial score (nSPS) is 11.7. The van der Waals surface area contributed by atoms with Crippen molar-refractivity contribution in [3.8, 4) is 16.9 Å². The second kappa shape index (κ2) is 9.43. The number of urea groups is 1. The van der Waals surface area contributed by atoms with E-state index in [4.69, 9.17) is 9.72 Å². The predicted molar refractivity (Wildman–Crippen MR) is 116 cm³/mol. The number of imide groups is 1. The number of ether oxygens (including phenoxy) is 1. The third kappa shape index (κ3) is 5.06. The first kappa shape index (κ1) is 20.7. The Balaban J connectivity index is 1.95. The molecule has 3 aromatic rings. The van der Waals surface area contributed by atoms with E-state index in [0.29, 0.717) is 17.3 Å². The monoisotopic (exact) mass is 409 g/mol. The van der Waals surface area contributed by atoms with Gasteiger partial charge in [0.1, 0.15) is 5.75 Å². The summed E-state index contributed by atoms with van der Waals surface area (Å²) in [6.07, 6.45) is 0. The number of carbonyl (C=O) groups is 2. The number of nitrogens with zero attached hydrogens (tertiary/aromatic N) is 1. The molecule has 1 aromatic heterocycles. The van der Waals surface area contributed by atoms with Crippen LogP contribution in [0.25, 0.3) is 22.0 Å². The van der Waals surface area contributed by atoms with Gasteiger partial charge in [-0.25, -0.2) is 9.78 Å². The van der Waals surface area contributed by atoms with E-state index in [9.17, 15) is 9.59 Å². The van der Waals surface area contributed by atoms with Crippen molar-refractivity contribution >= 4 is 34.6 Å². The van der Waals surface area contributed by atoms with E-state index in [-0.39, 0.29) is 5.91 Å². The summed E-state index contributed by atoms with van der Waals surface area (Å²) in [7, 11) is 1.62. The number of rotatable bonds is 6. The molecular weight excluding hydrogens is 386 g/mol. The Labute approximate surface area is 174 Å². The van der Waals surface area contributed by atoms with Gasteiger partial charge in [-0.05, 0) is 43.2 Å². The van der Waals surface area contributed by atoms with Crippen LogP contribution in [-0.2, 0) is 4.79 Å². The molecule has 0 radical (unpaired) electrons. The molecule has 0 aliphatic heterocycles. The zero-order chi connectivity index (χ0) is 20.8. The summed E-state index contributed by atoms with van der Waals surface area (Å²) in [5, 5.41) is 6.11. The highest BCUT2D eigenvalue weighted by atomic mass is 32.2. The maximum atomic E-state index is 12.3. The summed E-state index contributed by atoms with van der Waals surface area (Å²) in [6, 6.07) is 17.3. The van der Waals surface area contributed by atoms with E-state index in [1.54, 1.807) is 21.0 Å². The van der Waals surface area contributed by atoms with Gasteiger partial charge in [0.05, 0.1) is 22.9 Å². The van der Waals surface area contributed by atoms with Crippen LogP contribution in [0.5, 0.6) is 5.75 Å². The average molecular weight is 410 g/mol. The number of nitrogens with one attached hydrogen (secondary N) is 2. The minimum Gasteiger partial charge on any atom is -0.497 e. The number of amides is 3. The summed E-state index contributed by atoms with van der Waals surface area (Å²) in [5.41, 5.74) is 2.87. The SMILES string of the molecule is CCNC(=O)NC(=O)[C@@H](C)Sc1cc(-c2ccccc2)c2ccc(OC)cc2n1. The summed E-state index contributed by atoms with van der Waals surface area (Å²) < 4.78 is 5.34. The molecule has 0 aliphatic carbocycles. The molecule has 0 saturated heterocycles. The Bertz CT molecular complexity index is 1020. The van der Waals surface area contributed by atoms with Gasteiger partial charge in [0.2, 0.25) is 5.91 Å². The quantitative estimate of drug-likeness (QED) is 0.596. The van der Waals surface area contributed by atoms with Crippen LogP contribution < -0.4 is 15.4 Å². The van der Waals surface area contributed by atoms with Gasteiger partial charge in [-0.2, -0.15) is 0 Å². The maximum absolute atomic E-state index is 12.3. The molecule has 150 valence electrons. The molecule has 3 rings (SSSR count). The minimum atomic E-state index is -0.494. The molecule has 0 saturated carbocycles. The molecule has 0 bridgehead atoms. The Morgan fingerprint density at radius 1 is 1.14 bits per heavy atom. The Kier molecular flexibility index (Phi) is 6.72. The molecule has 0 fully saturated rings. The van der Waals surface area contributed by atoms with Crippen LogP contribution in [0.15, 0.2) is 59.6 Å². The van der Waals surface area contributed by atoms with Crippen molar-refractivity contribution in [2.24, 2.45) is 0 Å². The molecule has 2 aromatic carbocycles. The van der Waals surface area contributed by atoms with Crippen molar-refractivity contribution in [1.82, 2.24) is 15.6 Å². The topological polar surface area (TPSA) is 80.3 Å². The van der Waals surface area contributed by atoms with Gasteiger partial charge in [-0.1, -0.05) is 42.1 Å². The lowest BCUT2D eigenvalue weighted by atomic mass is 10.0. The first-order valence-corrected chi connectivity index (χ1v) is 10.2. The largest absolute Gasteiger partial charge is 0.497 e. The van der Waals surface area contributed by atoms with Gasteiger partial charge in [-0.3, -0.25) is 10.1 Å². The molecule has 1 heterocycles. The van der Waals surface area contributed by atoms with Crippen LogP contribution >= 0.6 is 11.8 Å². The van der Waals surface area contributed by atoms with Crippen molar-refractivity contribution in [3.63, 3.8) is 0 Å². The number of methoxy groups -OCH3 is 1. The van der Waals surface area contributed by atoms with Crippen molar-refractivity contribution in [2.45, 2.75) is 24.1 Å². The zero-order valence-electron chi connectivity index (χ0n) is 16.6. The fourth-order valence-electron chi connectivity index (χ4n) is 2.88. The van der Waals surface area contributed by atoms with E-state index in [1.165, 1.54) is 11.8 Å². The second-order valence-electron chi connectivity index (χ2n) is 6.37. The number of thioether (sulfide) groups is 1. The molecule has 0 spiro atoms. The van der Waals surface area contributed by atoms with Crippen molar-refractivity contribution < 1.29 is 14.3 Å². The lowest BCUT2D eigenvalue weighted by Gasteiger charge is -2.14. The average Bonchev–Trinajstić information content (AvgIpc) is 2.73. The molecule has 0 aliphatic rings. The number of fused-ring (bicyclic) bond motifs is 1. The predicted octanol–water partition coefficient (Wildman–Crippen LogP) is 4.24. The third-order valence-corrected chi connectivity index (χ3v) is 5.34. The Morgan fingerprint density at radius 2 is 1.90 bits per heavy atom. The number of carbonyl (C=O) groups excluding carboxylic acids is 2. The lowest BCUT2D eigenvalue weighted by Crippen LogP contribution is -2.42. The Morgan fingerprint density at radius 3 is 2.59 bits per heavy atom. The molecule has 3 amide bonds.